The molecule has 5 nitrogen and oxygen atoms in total. The summed E-state index contributed by atoms with van der Waals surface area (Å²) < 4.78 is 2.20. The topological polar surface area (TPSA) is 68.8 Å². The molecule has 0 aliphatic heterocycles. The quantitative estimate of drug-likeness (QED) is 0.838. The smallest absolute Gasteiger partial charge is 0.224 e. The van der Waals surface area contributed by atoms with Crippen molar-refractivity contribution in [1.82, 2.24) is 14.8 Å². The Kier molecular flexibility index (Phi) is 4.22. The van der Waals surface area contributed by atoms with Crippen LogP contribution >= 0.6 is 0 Å². The predicted octanol–water partition coefficient (Wildman–Crippen LogP) is 1.89. The molecule has 0 spiro atoms. The lowest BCUT2D eigenvalue weighted by atomic mass is 9.73. The zero-order chi connectivity index (χ0) is 13.0. The molecule has 18 heavy (non-hydrogen) atoms. The summed E-state index contributed by atoms with van der Waals surface area (Å²) in [5, 5.41) is 12.0. The van der Waals surface area contributed by atoms with Crippen molar-refractivity contribution in [2.24, 2.45) is 5.73 Å². The van der Waals surface area contributed by atoms with Gasteiger partial charge in [0.15, 0.2) is 0 Å². The summed E-state index contributed by atoms with van der Waals surface area (Å²) in [7, 11) is 0. The fourth-order valence-corrected chi connectivity index (χ4v) is 3.03. The molecule has 0 amide bonds. The van der Waals surface area contributed by atoms with Crippen molar-refractivity contribution in [3.63, 3.8) is 0 Å². The van der Waals surface area contributed by atoms with Crippen molar-refractivity contribution in [1.29, 1.82) is 0 Å². The van der Waals surface area contributed by atoms with E-state index in [1.165, 1.54) is 19.3 Å². The second-order valence-electron chi connectivity index (χ2n) is 5.17. The largest absolute Gasteiger partial charge is 0.355 e. The molecule has 0 atom stereocenters. The third-order valence-electron chi connectivity index (χ3n) is 4.08. The molecule has 102 valence electrons. The molecule has 1 aromatic heterocycles. The highest BCUT2D eigenvalue weighted by Gasteiger charge is 2.37. The van der Waals surface area contributed by atoms with Crippen molar-refractivity contribution in [2.45, 2.75) is 57.9 Å². The molecule has 1 saturated carbocycles. The van der Waals surface area contributed by atoms with Gasteiger partial charge in [-0.2, -0.15) is 0 Å². The molecule has 0 radical (unpaired) electrons. The van der Waals surface area contributed by atoms with E-state index in [2.05, 4.69) is 33.9 Å². The minimum absolute atomic E-state index is 0.0505. The van der Waals surface area contributed by atoms with Crippen LogP contribution in [-0.4, -0.2) is 27.9 Å². The molecule has 1 heterocycles. The molecule has 1 aromatic rings. The molecule has 0 unspecified atom stereocenters. The number of rotatable bonds is 5. The predicted molar refractivity (Wildman–Crippen MR) is 73.7 cm³/mol. The van der Waals surface area contributed by atoms with Gasteiger partial charge in [-0.3, -0.25) is 4.57 Å². The average Bonchev–Trinajstić information content (AvgIpc) is 2.83. The fourth-order valence-electron chi connectivity index (χ4n) is 3.03. The fraction of sp³-hybridized carbons (Fsp3) is 0.846. The van der Waals surface area contributed by atoms with Gasteiger partial charge in [-0.15, -0.1) is 10.2 Å². The summed E-state index contributed by atoms with van der Waals surface area (Å²) >= 11 is 0. The summed E-state index contributed by atoms with van der Waals surface area (Å²) in [5.41, 5.74) is 6.13. The Morgan fingerprint density at radius 2 is 1.94 bits per heavy atom. The molecule has 0 bridgehead atoms. The summed E-state index contributed by atoms with van der Waals surface area (Å²) in [4.78, 5) is 0. The maximum absolute atomic E-state index is 6.08. The molecular weight excluding hydrogens is 226 g/mol. The highest BCUT2D eigenvalue weighted by molar-refractivity contribution is 5.28. The monoisotopic (exact) mass is 251 g/mol. The number of hydrogen-bond acceptors (Lipinski definition) is 4. The van der Waals surface area contributed by atoms with Gasteiger partial charge >= 0.3 is 0 Å². The highest BCUT2D eigenvalue weighted by atomic mass is 15.4. The van der Waals surface area contributed by atoms with Gasteiger partial charge in [-0.25, -0.2) is 0 Å². The van der Waals surface area contributed by atoms with Gasteiger partial charge in [0, 0.05) is 25.0 Å². The third kappa shape index (κ3) is 2.23. The van der Waals surface area contributed by atoms with Gasteiger partial charge in [0.1, 0.15) is 5.82 Å². The van der Waals surface area contributed by atoms with Gasteiger partial charge in [-0.05, 0) is 26.7 Å². The van der Waals surface area contributed by atoms with Crippen molar-refractivity contribution in [3.05, 3.63) is 5.82 Å². The van der Waals surface area contributed by atoms with E-state index in [9.17, 15) is 0 Å². The van der Waals surface area contributed by atoms with Crippen molar-refractivity contribution >= 4 is 5.95 Å². The van der Waals surface area contributed by atoms with Gasteiger partial charge in [0.2, 0.25) is 5.95 Å². The molecule has 1 aliphatic rings. The zero-order valence-electron chi connectivity index (χ0n) is 11.6. The summed E-state index contributed by atoms with van der Waals surface area (Å²) in [5.74, 6) is 1.97. The minimum Gasteiger partial charge on any atom is -0.355 e. The standard InChI is InChI=1S/C13H25N5/c1-3-15-12-17-16-11(18(12)4-2)13(10-14)8-6-5-7-9-13/h3-10,14H2,1-2H3,(H,15,17). The van der Waals surface area contributed by atoms with E-state index in [1.54, 1.807) is 0 Å². The van der Waals surface area contributed by atoms with E-state index in [0.29, 0.717) is 6.54 Å². The highest BCUT2D eigenvalue weighted by Crippen LogP contribution is 2.38. The molecular formula is C13H25N5. The van der Waals surface area contributed by atoms with E-state index in [4.69, 9.17) is 5.73 Å². The molecule has 3 N–H and O–H groups in total. The first-order chi connectivity index (χ1) is 8.77. The van der Waals surface area contributed by atoms with E-state index in [-0.39, 0.29) is 5.41 Å². The Balaban J connectivity index is 2.35. The normalized spacial score (nSPS) is 18.8. The van der Waals surface area contributed by atoms with E-state index in [0.717, 1.165) is 37.7 Å². The Morgan fingerprint density at radius 1 is 1.22 bits per heavy atom. The van der Waals surface area contributed by atoms with E-state index < -0.39 is 0 Å². The van der Waals surface area contributed by atoms with Crippen LogP contribution < -0.4 is 11.1 Å². The summed E-state index contributed by atoms with van der Waals surface area (Å²) in [6.07, 6.45) is 6.12. The lowest BCUT2D eigenvalue weighted by Gasteiger charge is -2.35. The Morgan fingerprint density at radius 3 is 2.50 bits per heavy atom. The van der Waals surface area contributed by atoms with Crippen molar-refractivity contribution in [3.8, 4) is 0 Å². The number of aromatic nitrogens is 3. The first-order valence-corrected chi connectivity index (χ1v) is 7.15. The average molecular weight is 251 g/mol. The Bertz CT molecular complexity index is 379. The van der Waals surface area contributed by atoms with Crippen LogP contribution in [0.3, 0.4) is 0 Å². The number of hydrogen-bond donors (Lipinski definition) is 2. The number of nitrogens with zero attached hydrogens (tertiary/aromatic N) is 3. The lowest BCUT2D eigenvalue weighted by molar-refractivity contribution is 0.277. The van der Waals surface area contributed by atoms with Crippen LogP contribution in [-0.2, 0) is 12.0 Å². The molecule has 0 saturated heterocycles. The SMILES string of the molecule is CCNc1nnc(C2(CN)CCCCC2)n1CC. The first-order valence-electron chi connectivity index (χ1n) is 7.15. The van der Waals surface area contributed by atoms with Crippen molar-refractivity contribution in [2.75, 3.05) is 18.4 Å². The van der Waals surface area contributed by atoms with Crippen molar-refractivity contribution < 1.29 is 0 Å². The zero-order valence-corrected chi connectivity index (χ0v) is 11.6. The first kappa shape index (κ1) is 13.3. The van der Waals surface area contributed by atoms with Crippen LogP contribution in [0.1, 0.15) is 51.8 Å². The van der Waals surface area contributed by atoms with Crippen LogP contribution in [0.15, 0.2) is 0 Å². The van der Waals surface area contributed by atoms with Gasteiger partial charge < -0.3 is 11.1 Å². The van der Waals surface area contributed by atoms with Crippen LogP contribution in [0.2, 0.25) is 0 Å². The van der Waals surface area contributed by atoms with Gasteiger partial charge in [0.05, 0.1) is 0 Å². The number of nitrogens with two attached hydrogens (primary N) is 1. The van der Waals surface area contributed by atoms with Crippen LogP contribution in [0.5, 0.6) is 0 Å². The number of nitrogens with one attached hydrogen (secondary N) is 1. The molecule has 1 fully saturated rings. The molecule has 0 aromatic carbocycles. The van der Waals surface area contributed by atoms with Crippen LogP contribution in [0, 0.1) is 0 Å². The van der Waals surface area contributed by atoms with Crippen LogP contribution in [0.25, 0.3) is 0 Å². The minimum atomic E-state index is 0.0505. The number of anilines is 1. The molecule has 2 rings (SSSR count). The lowest BCUT2D eigenvalue weighted by Crippen LogP contribution is -2.39. The molecule has 5 heteroatoms. The summed E-state index contributed by atoms with van der Waals surface area (Å²) in [6, 6.07) is 0. The Hall–Kier alpha value is -1.10. The second-order valence-corrected chi connectivity index (χ2v) is 5.17. The van der Waals surface area contributed by atoms with Crippen LogP contribution in [0.4, 0.5) is 5.95 Å². The third-order valence-corrected chi connectivity index (χ3v) is 4.08. The Labute approximate surface area is 109 Å². The second kappa shape index (κ2) is 5.69. The maximum atomic E-state index is 6.08. The van der Waals surface area contributed by atoms with E-state index in [1.807, 2.05) is 0 Å². The van der Waals surface area contributed by atoms with E-state index >= 15 is 0 Å². The maximum Gasteiger partial charge on any atom is 0.224 e. The summed E-state index contributed by atoms with van der Waals surface area (Å²) in [6.45, 7) is 6.66. The van der Waals surface area contributed by atoms with Gasteiger partial charge in [0.25, 0.3) is 0 Å². The molecule has 1 aliphatic carbocycles. The van der Waals surface area contributed by atoms with Gasteiger partial charge in [-0.1, -0.05) is 19.3 Å².